The molecule has 0 fully saturated rings. The highest BCUT2D eigenvalue weighted by molar-refractivity contribution is 5.90. The number of aromatic amines is 1. The molecule has 1 aromatic carbocycles. The van der Waals surface area contributed by atoms with Gasteiger partial charge in [-0.3, -0.25) is 5.10 Å². The highest BCUT2D eigenvalue weighted by Crippen LogP contribution is 2.21. The number of hydrogen-bond acceptors (Lipinski definition) is 4. The SMILES string of the molecule is OCc1ccc(CNc2cccc3[nH]ncc23)o1. The maximum Gasteiger partial charge on any atom is 0.129 e. The van der Waals surface area contributed by atoms with Gasteiger partial charge in [-0.25, -0.2) is 0 Å². The van der Waals surface area contributed by atoms with Gasteiger partial charge >= 0.3 is 0 Å². The van der Waals surface area contributed by atoms with E-state index >= 15 is 0 Å². The zero-order valence-electron chi connectivity index (χ0n) is 9.68. The van der Waals surface area contributed by atoms with Crippen molar-refractivity contribution in [1.29, 1.82) is 0 Å². The van der Waals surface area contributed by atoms with Gasteiger partial charge in [0.1, 0.15) is 18.1 Å². The third-order valence-electron chi connectivity index (χ3n) is 2.81. The molecule has 2 heterocycles. The van der Waals surface area contributed by atoms with E-state index in [9.17, 15) is 0 Å². The Morgan fingerprint density at radius 3 is 2.94 bits per heavy atom. The summed E-state index contributed by atoms with van der Waals surface area (Å²) >= 11 is 0. The van der Waals surface area contributed by atoms with Gasteiger partial charge in [-0.2, -0.15) is 5.10 Å². The smallest absolute Gasteiger partial charge is 0.129 e. The largest absolute Gasteiger partial charge is 0.462 e. The van der Waals surface area contributed by atoms with Crippen LogP contribution in [0.3, 0.4) is 0 Å². The van der Waals surface area contributed by atoms with Crippen LogP contribution in [0.5, 0.6) is 0 Å². The Hall–Kier alpha value is -2.27. The van der Waals surface area contributed by atoms with E-state index in [1.165, 1.54) is 0 Å². The summed E-state index contributed by atoms with van der Waals surface area (Å²) in [5, 5.41) is 20.2. The van der Waals surface area contributed by atoms with E-state index in [4.69, 9.17) is 9.52 Å². The quantitative estimate of drug-likeness (QED) is 0.657. The van der Waals surface area contributed by atoms with Crippen molar-refractivity contribution in [3.63, 3.8) is 0 Å². The Morgan fingerprint density at radius 1 is 1.22 bits per heavy atom. The Labute approximate surface area is 103 Å². The number of aliphatic hydroxyl groups is 1. The third kappa shape index (κ3) is 1.96. The minimum absolute atomic E-state index is 0.0721. The fourth-order valence-electron chi connectivity index (χ4n) is 1.91. The van der Waals surface area contributed by atoms with Crippen LogP contribution < -0.4 is 5.32 Å². The molecule has 5 nitrogen and oxygen atoms in total. The van der Waals surface area contributed by atoms with Crippen LogP contribution in [0.2, 0.25) is 0 Å². The average Bonchev–Trinajstić information content (AvgIpc) is 3.05. The maximum absolute atomic E-state index is 8.92. The highest BCUT2D eigenvalue weighted by atomic mass is 16.4. The molecular formula is C13H13N3O2. The Kier molecular flexibility index (Phi) is 2.74. The van der Waals surface area contributed by atoms with Crippen molar-refractivity contribution in [2.24, 2.45) is 0 Å². The summed E-state index contributed by atoms with van der Waals surface area (Å²) in [6, 6.07) is 9.56. The van der Waals surface area contributed by atoms with E-state index in [0.29, 0.717) is 12.3 Å². The molecule has 0 spiro atoms. The Balaban J connectivity index is 1.78. The second-order valence-corrected chi connectivity index (χ2v) is 4.02. The maximum atomic E-state index is 8.92. The molecule has 18 heavy (non-hydrogen) atoms. The Bertz CT molecular complexity index is 657. The molecule has 2 aromatic heterocycles. The molecular weight excluding hydrogens is 230 g/mol. The van der Waals surface area contributed by atoms with Crippen LogP contribution in [-0.2, 0) is 13.2 Å². The van der Waals surface area contributed by atoms with Crippen LogP contribution in [0.15, 0.2) is 40.9 Å². The standard InChI is InChI=1S/C13H13N3O2/c17-8-10-5-4-9(18-10)6-14-12-2-1-3-13-11(12)7-15-16-13/h1-5,7,14,17H,6,8H2,(H,15,16). The van der Waals surface area contributed by atoms with Gasteiger partial charge in [-0.1, -0.05) is 6.07 Å². The predicted octanol–water partition coefficient (Wildman–Crippen LogP) is 2.26. The molecule has 3 aromatic rings. The van der Waals surface area contributed by atoms with Crippen molar-refractivity contribution >= 4 is 16.6 Å². The van der Waals surface area contributed by atoms with E-state index in [1.54, 1.807) is 12.3 Å². The first-order valence-corrected chi connectivity index (χ1v) is 5.71. The topological polar surface area (TPSA) is 74.1 Å². The molecule has 0 radical (unpaired) electrons. The van der Waals surface area contributed by atoms with Crippen molar-refractivity contribution in [2.75, 3.05) is 5.32 Å². The van der Waals surface area contributed by atoms with E-state index in [1.807, 2.05) is 24.3 Å². The van der Waals surface area contributed by atoms with Crippen LogP contribution in [0.25, 0.3) is 10.9 Å². The molecule has 0 bridgehead atoms. The van der Waals surface area contributed by atoms with Crippen molar-refractivity contribution < 1.29 is 9.52 Å². The van der Waals surface area contributed by atoms with Gasteiger partial charge in [-0.05, 0) is 24.3 Å². The summed E-state index contributed by atoms with van der Waals surface area (Å²) in [4.78, 5) is 0. The lowest BCUT2D eigenvalue weighted by atomic mass is 10.2. The van der Waals surface area contributed by atoms with Crippen molar-refractivity contribution in [1.82, 2.24) is 10.2 Å². The first-order valence-electron chi connectivity index (χ1n) is 5.71. The number of fused-ring (bicyclic) bond motifs is 1. The van der Waals surface area contributed by atoms with Crippen molar-refractivity contribution in [3.8, 4) is 0 Å². The zero-order valence-corrected chi connectivity index (χ0v) is 9.68. The lowest BCUT2D eigenvalue weighted by Crippen LogP contribution is -1.98. The predicted molar refractivity (Wildman–Crippen MR) is 68.1 cm³/mol. The highest BCUT2D eigenvalue weighted by Gasteiger charge is 2.04. The van der Waals surface area contributed by atoms with Crippen LogP contribution in [0.4, 0.5) is 5.69 Å². The molecule has 0 unspecified atom stereocenters. The van der Waals surface area contributed by atoms with Gasteiger partial charge < -0.3 is 14.8 Å². The average molecular weight is 243 g/mol. The second kappa shape index (κ2) is 4.54. The van der Waals surface area contributed by atoms with Gasteiger partial charge in [0.25, 0.3) is 0 Å². The molecule has 0 aliphatic rings. The van der Waals surface area contributed by atoms with Crippen LogP contribution in [0, 0.1) is 0 Å². The number of benzene rings is 1. The summed E-state index contributed by atoms with van der Waals surface area (Å²) in [5.41, 5.74) is 2.00. The van der Waals surface area contributed by atoms with Gasteiger partial charge in [0, 0.05) is 11.1 Å². The normalized spacial score (nSPS) is 10.9. The fourth-order valence-corrected chi connectivity index (χ4v) is 1.91. The fraction of sp³-hybridized carbons (Fsp3) is 0.154. The number of rotatable bonds is 4. The molecule has 0 saturated heterocycles. The number of furan rings is 1. The van der Waals surface area contributed by atoms with Crippen molar-refractivity contribution in [2.45, 2.75) is 13.2 Å². The number of anilines is 1. The molecule has 0 aliphatic carbocycles. The molecule has 3 rings (SSSR count). The Morgan fingerprint density at radius 2 is 2.11 bits per heavy atom. The van der Waals surface area contributed by atoms with E-state index in [0.717, 1.165) is 22.4 Å². The van der Waals surface area contributed by atoms with Crippen LogP contribution in [0.1, 0.15) is 11.5 Å². The molecule has 5 heteroatoms. The number of nitrogens with one attached hydrogen (secondary N) is 2. The number of aliphatic hydroxyl groups excluding tert-OH is 1. The summed E-state index contributed by atoms with van der Waals surface area (Å²) in [5.74, 6) is 1.37. The van der Waals surface area contributed by atoms with Crippen molar-refractivity contribution in [3.05, 3.63) is 48.0 Å². The molecule has 0 amide bonds. The van der Waals surface area contributed by atoms with Gasteiger partial charge in [-0.15, -0.1) is 0 Å². The minimum atomic E-state index is -0.0721. The van der Waals surface area contributed by atoms with E-state index < -0.39 is 0 Å². The second-order valence-electron chi connectivity index (χ2n) is 4.02. The molecule has 3 N–H and O–H groups in total. The monoisotopic (exact) mass is 243 g/mol. The number of aromatic nitrogens is 2. The molecule has 0 atom stereocenters. The minimum Gasteiger partial charge on any atom is -0.462 e. The lowest BCUT2D eigenvalue weighted by molar-refractivity contribution is 0.244. The summed E-state index contributed by atoms with van der Waals surface area (Å²) < 4.78 is 5.41. The van der Waals surface area contributed by atoms with Gasteiger partial charge in [0.05, 0.1) is 18.3 Å². The van der Waals surface area contributed by atoms with Gasteiger partial charge in [0.2, 0.25) is 0 Å². The van der Waals surface area contributed by atoms with Gasteiger partial charge in [0.15, 0.2) is 0 Å². The molecule has 0 saturated carbocycles. The molecule has 0 aliphatic heterocycles. The number of nitrogens with zero attached hydrogens (tertiary/aromatic N) is 1. The summed E-state index contributed by atoms with van der Waals surface area (Å²) in [7, 11) is 0. The van der Waals surface area contributed by atoms with E-state index in [2.05, 4.69) is 15.5 Å². The zero-order chi connectivity index (χ0) is 12.4. The van der Waals surface area contributed by atoms with Crippen LogP contribution in [-0.4, -0.2) is 15.3 Å². The van der Waals surface area contributed by atoms with E-state index in [-0.39, 0.29) is 6.61 Å². The number of H-pyrrole nitrogens is 1. The molecule has 92 valence electrons. The first kappa shape index (κ1) is 10.9. The lowest BCUT2D eigenvalue weighted by Gasteiger charge is -2.05. The first-order chi connectivity index (χ1) is 8.86. The number of hydrogen-bond donors (Lipinski definition) is 3. The summed E-state index contributed by atoms with van der Waals surface area (Å²) in [6.07, 6.45) is 1.79. The van der Waals surface area contributed by atoms with Crippen LogP contribution >= 0.6 is 0 Å². The third-order valence-corrected chi connectivity index (χ3v) is 2.81. The summed E-state index contributed by atoms with van der Waals surface area (Å²) in [6.45, 7) is 0.502.